The third kappa shape index (κ3) is 2.19. The average molecular weight is 214 g/mol. The van der Waals surface area contributed by atoms with E-state index in [9.17, 15) is 9.90 Å². The van der Waals surface area contributed by atoms with Crippen LogP contribution in [0.1, 0.15) is 13.8 Å². The Bertz CT molecular complexity index is 307. The van der Waals surface area contributed by atoms with E-state index in [0.29, 0.717) is 5.57 Å². The largest absolute Gasteiger partial charge is 0.458 e. The molecule has 2 aliphatic rings. The number of carbonyl (C=O) groups excluding carboxylic acids is 1. The van der Waals surface area contributed by atoms with Gasteiger partial charge in [-0.3, -0.25) is 0 Å². The van der Waals surface area contributed by atoms with Crippen molar-refractivity contribution in [1.29, 1.82) is 0 Å². The molecule has 2 heterocycles. The zero-order valence-corrected chi connectivity index (χ0v) is 8.73. The number of ether oxygens (including phenoxy) is 3. The lowest BCUT2D eigenvalue weighted by Gasteiger charge is -2.39. The minimum absolute atomic E-state index is 0.191. The van der Waals surface area contributed by atoms with E-state index in [1.165, 1.54) is 6.08 Å². The van der Waals surface area contributed by atoms with E-state index in [1.54, 1.807) is 13.8 Å². The Hall–Kier alpha value is -0.910. The molecule has 0 aromatic heterocycles. The Labute approximate surface area is 87.6 Å². The van der Waals surface area contributed by atoms with Crippen LogP contribution < -0.4 is 0 Å². The summed E-state index contributed by atoms with van der Waals surface area (Å²) in [7, 11) is 0. The zero-order chi connectivity index (χ0) is 11.1. The lowest BCUT2D eigenvalue weighted by Crippen LogP contribution is -2.49. The van der Waals surface area contributed by atoms with Gasteiger partial charge < -0.3 is 19.3 Å². The fraction of sp³-hybridized carbons (Fsp3) is 0.700. The summed E-state index contributed by atoms with van der Waals surface area (Å²) in [4.78, 5) is 10.9. The Morgan fingerprint density at radius 3 is 2.87 bits per heavy atom. The van der Waals surface area contributed by atoms with Crippen LogP contribution in [0.3, 0.4) is 0 Å². The summed E-state index contributed by atoms with van der Waals surface area (Å²) in [5.41, 5.74) is 0.670. The van der Waals surface area contributed by atoms with Crippen LogP contribution in [-0.2, 0) is 19.0 Å². The van der Waals surface area contributed by atoms with Gasteiger partial charge in [-0.15, -0.1) is 0 Å². The van der Waals surface area contributed by atoms with Gasteiger partial charge in [-0.1, -0.05) is 0 Å². The first-order valence-electron chi connectivity index (χ1n) is 4.85. The van der Waals surface area contributed by atoms with Crippen molar-refractivity contribution in [3.63, 3.8) is 0 Å². The van der Waals surface area contributed by atoms with E-state index in [0.717, 1.165) is 0 Å². The monoisotopic (exact) mass is 214 g/mol. The fourth-order valence-electron chi connectivity index (χ4n) is 1.67. The molecule has 1 saturated heterocycles. The standard InChI is InChI=1S/C10H14O5/c1-10(2)14-5-7(11)9(15-10)6-3-8(12)13-4-6/h3,7,9,11H,4-5H2,1-2H3/t7-,9-/m1/s1. The third-order valence-corrected chi connectivity index (χ3v) is 2.41. The number of esters is 1. The number of aliphatic hydroxyl groups excluding tert-OH is 1. The highest BCUT2D eigenvalue weighted by Gasteiger charge is 2.39. The maximum Gasteiger partial charge on any atom is 0.331 e. The maximum atomic E-state index is 10.9. The molecule has 5 nitrogen and oxygen atoms in total. The molecule has 2 atom stereocenters. The van der Waals surface area contributed by atoms with Crippen LogP contribution in [0, 0.1) is 0 Å². The summed E-state index contributed by atoms with van der Waals surface area (Å²) >= 11 is 0. The third-order valence-electron chi connectivity index (χ3n) is 2.41. The Balaban J connectivity index is 2.13. The number of aliphatic hydroxyl groups is 1. The molecule has 0 aliphatic carbocycles. The second-order valence-electron chi connectivity index (χ2n) is 4.14. The Morgan fingerprint density at radius 2 is 2.27 bits per heavy atom. The lowest BCUT2D eigenvalue weighted by atomic mass is 10.0. The van der Waals surface area contributed by atoms with Gasteiger partial charge in [-0.25, -0.2) is 4.79 Å². The first kappa shape index (κ1) is 10.6. The molecule has 0 bridgehead atoms. The van der Waals surface area contributed by atoms with Crippen molar-refractivity contribution in [3.8, 4) is 0 Å². The van der Waals surface area contributed by atoms with E-state index in [4.69, 9.17) is 14.2 Å². The molecular weight excluding hydrogens is 200 g/mol. The highest BCUT2D eigenvalue weighted by atomic mass is 16.7. The highest BCUT2D eigenvalue weighted by Crippen LogP contribution is 2.28. The van der Waals surface area contributed by atoms with E-state index >= 15 is 0 Å². The number of hydrogen-bond acceptors (Lipinski definition) is 5. The molecule has 0 aromatic carbocycles. The minimum atomic E-state index is -0.751. The summed E-state index contributed by atoms with van der Waals surface area (Å²) in [6, 6.07) is 0. The topological polar surface area (TPSA) is 65.0 Å². The molecule has 0 amide bonds. The molecule has 0 aromatic rings. The van der Waals surface area contributed by atoms with Crippen LogP contribution in [0.4, 0.5) is 0 Å². The summed E-state index contributed by atoms with van der Waals surface area (Å²) < 4.78 is 15.6. The van der Waals surface area contributed by atoms with Crippen LogP contribution in [0.25, 0.3) is 0 Å². The van der Waals surface area contributed by atoms with Crippen molar-refractivity contribution in [2.45, 2.75) is 31.8 Å². The predicted octanol–water partition coefficient (Wildman–Crippen LogP) is -0.0180. The van der Waals surface area contributed by atoms with E-state index in [-0.39, 0.29) is 19.2 Å². The van der Waals surface area contributed by atoms with Crippen LogP contribution in [0.5, 0.6) is 0 Å². The van der Waals surface area contributed by atoms with Gasteiger partial charge in [-0.2, -0.15) is 0 Å². The van der Waals surface area contributed by atoms with Gasteiger partial charge in [0.2, 0.25) is 0 Å². The van der Waals surface area contributed by atoms with E-state index in [2.05, 4.69) is 0 Å². The minimum Gasteiger partial charge on any atom is -0.458 e. The van der Waals surface area contributed by atoms with Crippen molar-refractivity contribution < 1.29 is 24.1 Å². The molecule has 2 aliphatic heterocycles. The van der Waals surface area contributed by atoms with Crippen LogP contribution in [0.15, 0.2) is 11.6 Å². The molecule has 0 spiro atoms. The number of cyclic esters (lactones) is 1. The van der Waals surface area contributed by atoms with Crippen LogP contribution in [-0.4, -0.2) is 42.3 Å². The van der Waals surface area contributed by atoms with Gasteiger partial charge in [0.25, 0.3) is 0 Å². The second kappa shape index (κ2) is 3.59. The first-order chi connectivity index (χ1) is 6.98. The van der Waals surface area contributed by atoms with Crippen LogP contribution >= 0.6 is 0 Å². The first-order valence-corrected chi connectivity index (χ1v) is 4.85. The molecule has 84 valence electrons. The predicted molar refractivity (Wildman–Crippen MR) is 50.0 cm³/mol. The Kier molecular flexibility index (Phi) is 2.54. The SMILES string of the molecule is CC1(C)OC[C@@H](O)[C@@H](C2=CC(=O)OC2)O1. The van der Waals surface area contributed by atoms with Gasteiger partial charge in [0.15, 0.2) is 5.79 Å². The summed E-state index contributed by atoms with van der Waals surface area (Å²) in [6.07, 6.45) is 0.105. The summed E-state index contributed by atoms with van der Waals surface area (Å²) in [5, 5.41) is 9.69. The molecule has 15 heavy (non-hydrogen) atoms. The van der Waals surface area contributed by atoms with Gasteiger partial charge in [0.1, 0.15) is 18.8 Å². The smallest absolute Gasteiger partial charge is 0.331 e. The highest BCUT2D eigenvalue weighted by molar-refractivity contribution is 5.85. The summed E-state index contributed by atoms with van der Waals surface area (Å²) in [6.45, 7) is 3.92. The number of hydrogen-bond donors (Lipinski definition) is 1. The van der Waals surface area contributed by atoms with Gasteiger partial charge in [0, 0.05) is 11.6 Å². The molecule has 0 radical (unpaired) electrons. The van der Waals surface area contributed by atoms with E-state index < -0.39 is 18.0 Å². The molecule has 1 fully saturated rings. The fourth-order valence-corrected chi connectivity index (χ4v) is 1.67. The van der Waals surface area contributed by atoms with Gasteiger partial charge >= 0.3 is 5.97 Å². The second-order valence-corrected chi connectivity index (χ2v) is 4.14. The molecule has 0 unspecified atom stereocenters. The quantitative estimate of drug-likeness (QED) is 0.621. The Morgan fingerprint density at radius 1 is 1.53 bits per heavy atom. The lowest BCUT2D eigenvalue weighted by molar-refractivity contribution is -0.295. The summed E-state index contributed by atoms with van der Waals surface area (Å²) in [5.74, 6) is -1.12. The number of rotatable bonds is 1. The van der Waals surface area contributed by atoms with Crippen molar-refractivity contribution in [3.05, 3.63) is 11.6 Å². The van der Waals surface area contributed by atoms with Crippen molar-refractivity contribution >= 4 is 5.97 Å². The zero-order valence-electron chi connectivity index (χ0n) is 8.73. The molecule has 1 N–H and O–H groups in total. The molecule has 2 rings (SSSR count). The van der Waals surface area contributed by atoms with Crippen molar-refractivity contribution in [1.82, 2.24) is 0 Å². The van der Waals surface area contributed by atoms with Gasteiger partial charge in [-0.05, 0) is 13.8 Å². The van der Waals surface area contributed by atoms with Crippen molar-refractivity contribution in [2.24, 2.45) is 0 Å². The maximum absolute atomic E-state index is 10.9. The molecular formula is C10H14O5. The van der Waals surface area contributed by atoms with Gasteiger partial charge in [0.05, 0.1) is 6.61 Å². The van der Waals surface area contributed by atoms with E-state index in [1.807, 2.05) is 0 Å². The average Bonchev–Trinajstić information content (AvgIpc) is 2.56. The molecule has 0 saturated carbocycles. The van der Waals surface area contributed by atoms with Crippen molar-refractivity contribution in [2.75, 3.05) is 13.2 Å². The molecule has 5 heteroatoms. The van der Waals surface area contributed by atoms with Crippen LogP contribution in [0.2, 0.25) is 0 Å². The number of carbonyl (C=O) groups is 1. The normalized spacial score (nSPS) is 34.9.